The second-order valence-electron chi connectivity index (χ2n) is 5.21. The van der Waals surface area contributed by atoms with Gasteiger partial charge in [-0.05, 0) is 31.2 Å². The van der Waals surface area contributed by atoms with Gasteiger partial charge in [-0.1, -0.05) is 24.3 Å². The zero-order valence-electron chi connectivity index (χ0n) is 15.6. The minimum Gasteiger partial charge on any atom is -0.478 e. The van der Waals surface area contributed by atoms with Crippen LogP contribution in [0.5, 0.6) is 11.5 Å². The molecule has 0 spiro atoms. The van der Waals surface area contributed by atoms with Crippen LogP contribution in [0.25, 0.3) is 0 Å². The van der Waals surface area contributed by atoms with Gasteiger partial charge < -0.3 is 19.3 Å². The summed E-state index contributed by atoms with van der Waals surface area (Å²) in [6.45, 7) is 4.50. The van der Waals surface area contributed by atoms with E-state index in [0.717, 1.165) is 0 Å². The number of ether oxygens (including phenoxy) is 3. The zero-order valence-corrected chi connectivity index (χ0v) is 15.6. The molecule has 8 heteroatoms. The summed E-state index contributed by atoms with van der Waals surface area (Å²) in [6, 6.07) is 12.4. The molecule has 0 aliphatic carbocycles. The predicted molar refractivity (Wildman–Crippen MR) is 98.4 cm³/mol. The third kappa shape index (κ3) is 7.28. The molecule has 0 amide bonds. The minimum atomic E-state index is -1.11. The zero-order chi connectivity index (χ0) is 21.1. The predicted octanol–water partition coefficient (Wildman–Crippen LogP) is 3.10. The molecule has 0 heterocycles. The van der Waals surface area contributed by atoms with Crippen LogP contribution in [0.15, 0.2) is 48.5 Å². The van der Waals surface area contributed by atoms with Crippen molar-refractivity contribution in [1.82, 2.24) is 0 Å². The van der Waals surface area contributed by atoms with Crippen LogP contribution in [0.4, 0.5) is 0 Å². The van der Waals surface area contributed by atoms with Crippen LogP contribution in [0.2, 0.25) is 0 Å². The number of hydrogen-bond donors (Lipinski definition) is 1. The van der Waals surface area contributed by atoms with Gasteiger partial charge in [0.25, 0.3) is 0 Å². The molecule has 148 valence electrons. The standard InChI is InChI=1S/C11H12O4.C9H8O4/c1-3-14-11(13)9-6-4-5-7-10(9)15-8(2)12;1-6(10)13-8-5-3-2-4-7(8)9(11)12/h4-7H,3H2,1-2H3;2-5H,1H3,(H,11,12). The van der Waals surface area contributed by atoms with Gasteiger partial charge in [0.1, 0.15) is 22.6 Å². The Labute approximate surface area is 161 Å². The molecule has 0 unspecified atom stereocenters. The smallest absolute Gasteiger partial charge is 0.341 e. The van der Waals surface area contributed by atoms with Gasteiger partial charge in [-0.2, -0.15) is 0 Å². The summed E-state index contributed by atoms with van der Waals surface area (Å²) in [5.74, 6) is -2.31. The number of esters is 3. The second kappa shape index (κ2) is 11.1. The van der Waals surface area contributed by atoms with E-state index in [1.807, 2.05) is 0 Å². The molecule has 0 atom stereocenters. The summed E-state index contributed by atoms with van der Waals surface area (Å²) in [5.41, 5.74) is 0.243. The molecule has 0 aliphatic rings. The molecule has 1 N–H and O–H groups in total. The van der Waals surface area contributed by atoms with E-state index in [9.17, 15) is 19.2 Å². The highest BCUT2D eigenvalue weighted by atomic mass is 16.5. The number of rotatable bonds is 5. The summed E-state index contributed by atoms with van der Waals surface area (Å²) in [5, 5.41) is 8.69. The highest BCUT2D eigenvalue weighted by Gasteiger charge is 2.14. The fraction of sp³-hybridized carbons (Fsp3) is 0.200. The van der Waals surface area contributed by atoms with Crippen LogP contribution in [0.3, 0.4) is 0 Å². The molecule has 8 nitrogen and oxygen atoms in total. The van der Waals surface area contributed by atoms with Crippen LogP contribution in [0, 0.1) is 0 Å². The summed E-state index contributed by atoms with van der Waals surface area (Å²) in [7, 11) is 0. The van der Waals surface area contributed by atoms with E-state index >= 15 is 0 Å². The van der Waals surface area contributed by atoms with Crippen molar-refractivity contribution in [1.29, 1.82) is 0 Å². The molecule has 28 heavy (non-hydrogen) atoms. The first-order chi connectivity index (χ1) is 13.3. The normalized spacial score (nSPS) is 9.39. The largest absolute Gasteiger partial charge is 0.478 e. The third-order valence-electron chi connectivity index (χ3n) is 3.01. The first-order valence-corrected chi connectivity index (χ1v) is 8.21. The van der Waals surface area contributed by atoms with Gasteiger partial charge in [-0.25, -0.2) is 9.59 Å². The highest BCUT2D eigenvalue weighted by molar-refractivity contribution is 5.93. The molecule has 2 aromatic rings. The minimum absolute atomic E-state index is 0.0160. The molecule has 2 aromatic carbocycles. The van der Waals surface area contributed by atoms with E-state index < -0.39 is 23.9 Å². The lowest BCUT2D eigenvalue weighted by atomic mass is 10.2. The lowest BCUT2D eigenvalue weighted by molar-refractivity contribution is -0.132. The van der Waals surface area contributed by atoms with Gasteiger partial charge in [-0.3, -0.25) is 9.59 Å². The van der Waals surface area contributed by atoms with Gasteiger partial charge in [-0.15, -0.1) is 0 Å². The third-order valence-corrected chi connectivity index (χ3v) is 3.01. The average molecular weight is 388 g/mol. The Kier molecular flexibility index (Phi) is 8.88. The molecule has 0 saturated heterocycles. The number of hydrogen-bond acceptors (Lipinski definition) is 7. The fourth-order valence-electron chi connectivity index (χ4n) is 1.98. The van der Waals surface area contributed by atoms with Crippen LogP contribution < -0.4 is 9.47 Å². The molecule has 0 fully saturated rings. The quantitative estimate of drug-likeness (QED) is 0.613. The van der Waals surface area contributed by atoms with Crippen LogP contribution >= 0.6 is 0 Å². The number of carbonyl (C=O) groups is 4. The second-order valence-corrected chi connectivity index (χ2v) is 5.21. The lowest BCUT2D eigenvalue weighted by Gasteiger charge is -2.07. The van der Waals surface area contributed by atoms with Crippen LogP contribution in [0.1, 0.15) is 41.5 Å². The van der Waals surface area contributed by atoms with Crippen molar-refractivity contribution in [3.05, 3.63) is 59.7 Å². The molecule has 2 rings (SSSR count). The monoisotopic (exact) mass is 388 g/mol. The SMILES string of the molecule is CC(=O)Oc1ccccc1C(=O)O.CCOC(=O)c1ccccc1OC(C)=O. The van der Waals surface area contributed by atoms with Gasteiger partial charge in [0.2, 0.25) is 0 Å². The van der Waals surface area contributed by atoms with Crippen molar-refractivity contribution in [3.8, 4) is 11.5 Å². The Morgan fingerprint density at radius 1 is 0.786 bits per heavy atom. The molecule has 0 aromatic heterocycles. The molecular weight excluding hydrogens is 368 g/mol. The Hall–Kier alpha value is -3.68. The Balaban J connectivity index is 0.000000283. The summed E-state index contributed by atoms with van der Waals surface area (Å²) in [4.78, 5) is 43.4. The summed E-state index contributed by atoms with van der Waals surface area (Å²) >= 11 is 0. The number of benzene rings is 2. The maximum Gasteiger partial charge on any atom is 0.341 e. The van der Waals surface area contributed by atoms with E-state index in [0.29, 0.717) is 0 Å². The lowest BCUT2D eigenvalue weighted by Crippen LogP contribution is -2.10. The van der Waals surface area contributed by atoms with Crippen LogP contribution in [-0.2, 0) is 14.3 Å². The maximum absolute atomic E-state index is 11.4. The number of carboxylic acid groups (broad SMARTS) is 1. The number of para-hydroxylation sites is 2. The number of aromatic carboxylic acids is 1. The molecule has 0 radical (unpaired) electrons. The van der Waals surface area contributed by atoms with Crippen molar-refractivity contribution in [2.75, 3.05) is 6.61 Å². The number of carbonyl (C=O) groups excluding carboxylic acids is 3. The van der Waals surface area contributed by atoms with E-state index in [2.05, 4.69) is 4.74 Å². The van der Waals surface area contributed by atoms with E-state index in [-0.39, 0.29) is 29.2 Å². The highest BCUT2D eigenvalue weighted by Crippen LogP contribution is 2.19. The topological polar surface area (TPSA) is 116 Å². The first-order valence-electron chi connectivity index (χ1n) is 8.21. The Morgan fingerprint density at radius 2 is 1.21 bits per heavy atom. The summed E-state index contributed by atoms with van der Waals surface area (Å²) in [6.07, 6.45) is 0. The van der Waals surface area contributed by atoms with E-state index in [1.54, 1.807) is 43.3 Å². The van der Waals surface area contributed by atoms with Crippen molar-refractivity contribution in [3.63, 3.8) is 0 Å². The van der Waals surface area contributed by atoms with Crippen molar-refractivity contribution >= 4 is 23.9 Å². The molecule has 0 aliphatic heterocycles. The number of carboxylic acids is 1. The van der Waals surface area contributed by atoms with Crippen LogP contribution in [-0.4, -0.2) is 35.6 Å². The van der Waals surface area contributed by atoms with E-state index in [4.69, 9.17) is 14.6 Å². The molecule has 0 saturated carbocycles. The van der Waals surface area contributed by atoms with Gasteiger partial charge in [0, 0.05) is 13.8 Å². The average Bonchev–Trinajstić information content (AvgIpc) is 2.62. The van der Waals surface area contributed by atoms with Crippen molar-refractivity contribution < 1.29 is 38.5 Å². The van der Waals surface area contributed by atoms with Gasteiger partial charge >= 0.3 is 23.9 Å². The van der Waals surface area contributed by atoms with Crippen molar-refractivity contribution in [2.45, 2.75) is 20.8 Å². The Bertz CT molecular complexity index is 857. The first kappa shape index (κ1) is 22.4. The van der Waals surface area contributed by atoms with Gasteiger partial charge in [0.15, 0.2) is 0 Å². The maximum atomic E-state index is 11.4. The van der Waals surface area contributed by atoms with Crippen molar-refractivity contribution in [2.24, 2.45) is 0 Å². The van der Waals surface area contributed by atoms with Gasteiger partial charge in [0.05, 0.1) is 6.61 Å². The Morgan fingerprint density at radius 3 is 1.64 bits per heavy atom. The molecular formula is C20H20O8. The molecule has 0 bridgehead atoms. The fourth-order valence-corrected chi connectivity index (χ4v) is 1.98. The van der Waals surface area contributed by atoms with E-state index in [1.165, 1.54) is 26.0 Å². The summed E-state index contributed by atoms with van der Waals surface area (Å²) < 4.78 is 14.4.